The van der Waals surface area contributed by atoms with E-state index in [4.69, 9.17) is 0 Å². The SMILES string of the molecule is CN1CCN(C2c3ccccc3C=Cc3ccc(Br)cc32)CC1. The van der Waals surface area contributed by atoms with Crippen LogP contribution >= 0.6 is 15.9 Å². The number of halogens is 1. The maximum atomic E-state index is 3.67. The van der Waals surface area contributed by atoms with E-state index in [0.29, 0.717) is 6.04 Å². The van der Waals surface area contributed by atoms with Crippen LogP contribution in [0.5, 0.6) is 0 Å². The van der Waals surface area contributed by atoms with Crippen molar-refractivity contribution in [1.29, 1.82) is 0 Å². The maximum absolute atomic E-state index is 3.67. The number of fused-ring (bicyclic) bond motifs is 2. The monoisotopic (exact) mass is 368 g/mol. The number of likely N-dealkylation sites (N-methyl/N-ethyl adjacent to an activating group) is 1. The van der Waals surface area contributed by atoms with Gasteiger partial charge in [-0.3, -0.25) is 4.90 Å². The number of rotatable bonds is 1. The molecule has 1 atom stereocenters. The Hall–Kier alpha value is -1.42. The van der Waals surface area contributed by atoms with E-state index in [2.05, 4.69) is 87.4 Å². The minimum absolute atomic E-state index is 0.336. The first-order valence-electron chi connectivity index (χ1n) is 8.21. The van der Waals surface area contributed by atoms with Gasteiger partial charge in [0.05, 0.1) is 6.04 Å². The van der Waals surface area contributed by atoms with Crippen LogP contribution in [0, 0.1) is 0 Å². The van der Waals surface area contributed by atoms with E-state index in [9.17, 15) is 0 Å². The number of hydrogen-bond acceptors (Lipinski definition) is 2. The summed E-state index contributed by atoms with van der Waals surface area (Å²) >= 11 is 3.67. The fourth-order valence-corrected chi connectivity index (χ4v) is 4.05. The lowest BCUT2D eigenvalue weighted by Gasteiger charge is -2.39. The molecule has 1 unspecified atom stereocenters. The van der Waals surface area contributed by atoms with Crippen LogP contribution in [0.15, 0.2) is 46.9 Å². The van der Waals surface area contributed by atoms with Gasteiger partial charge in [-0.1, -0.05) is 58.4 Å². The quantitative estimate of drug-likeness (QED) is 0.741. The third kappa shape index (κ3) is 2.89. The lowest BCUT2D eigenvalue weighted by Crippen LogP contribution is -2.46. The molecule has 3 heteroatoms. The van der Waals surface area contributed by atoms with Crippen LogP contribution in [-0.2, 0) is 0 Å². The Morgan fingerprint density at radius 2 is 1.57 bits per heavy atom. The van der Waals surface area contributed by atoms with E-state index in [1.165, 1.54) is 22.3 Å². The molecule has 0 aromatic heterocycles. The van der Waals surface area contributed by atoms with Crippen molar-refractivity contribution >= 4 is 28.1 Å². The van der Waals surface area contributed by atoms with E-state index in [-0.39, 0.29) is 0 Å². The summed E-state index contributed by atoms with van der Waals surface area (Å²) in [6.07, 6.45) is 4.52. The number of hydrogen-bond donors (Lipinski definition) is 0. The molecule has 2 aromatic carbocycles. The zero-order valence-electron chi connectivity index (χ0n) is 13.4. The van der Waals surface area contributed by atoms with Crippen LogP contribution < -0.4 is 0 Å². The van der Waals surface area contributed by atoms with Gasteiger partial charge in [0.25, 0.3) is 0 Å². The van der Waals surface area contributed by atoms with Crippen molar-refractivity contribution in [2.24, 2.45) is 0 Å². The van der Waals surface area contributed by atoms with Gasteiger partial charge in [-0.15, -0.1) is 0 Å². The molecular weight excluding hydrogens is 348 g/mol. The summed E-state index contributed by atoms with van der Waals surface area (Å²) in [5.41, 5.74) is 5.49. The second-order valence-electron chi connectivity index (χ2n) is 6.48. The minimum Gasteiger partial charge on any atom is -0.304 e. The van der Waals surface area contributed by atoms with Gasteiger partial charge in [-0.2, -0.15) is 0 Å². The highest BCUT2D eigenvalue weighted by Crippen LogP contribution is 2.38. The summed E-state index contributed by atoms with van der Waals surface area (Å²) in [6, 6.07) is 15.8. The standard InChI is InChI=1S/C20H21BrN2/c1-22-10-12-23(13-11-22)20-18-5-3-2-4-15(18)6-7-16-8-9-17(21)14-19(16)20/h2-9,14,20H,10-13H2,1H3. The fraction of sp³-hybridized carbons (Fsp3) is 0.300. The van der Waals surface area contributed by atoms with Crippen LogP contribution in [-0.4, -0.2) is 43.0 Å². The van der Waals surface area contributed by atoms with Crippen LogP contribution in [0.4, 0.5) is 0 Å². The first kappa shape index (κ1) is 15.1. The molecule has 1 saturated heterocycles. The third-order valence-corrected chi connectivity index (χ3v) is 5.47. The summed E-state index contributed by atoms with van der Waals surface area (Å²) in [5.74, 6) is 0. The van der Waals surface area contributed by atoms with Gasteiger partial charge in [-0.05, 0) is 41.4 Å². The van der Waals surface area contributed by atoms with Gasteiger partial charge >= 0.3 is 0 Å². The molecule has 1 heterocycles. The second-order valence-corrected chi connectivity index (χ2v) is 7.39. The Bertz CT molecular complexity index is 745. The first-order valence-corrected chi connectivity index (χ1v) is 9.01. The molecule has 118 valence electrons. The van der Waals surface area contributed by atoms with E-state index in [1.807, 2.05) is 0 Å². The van der Waals surface area contributed by atoms with Gasteiger partial charge in [0.15, 0.2) is 0 Å². The van der Waals surface area contributed by atoms with Gasteiger partial charge in [0.1, 0.15) is 0 Å². The number of piperazine rings is 1. The van der Waals surface area contributed by atoms with Gasteiger partial charge < -0.3 is 4.90 Å². The highest BCUT2D eigenvalue weighted by molar-refractivity contribution is 9.10. The van der Waals surface area contributed by atoms with E-state index in [1.54, 1.807) is 0 Å². The lowest BCUT2D eigenvalue weighted by molar-refractivity contribution is 0.127. The van der Waals surface area contributed by atoms with Crippen molar-refractivity contribution < 1.29 is 0 Å². The third-order valence-electron chi connectivity index (χ3n) is 4.98. The average Bonchev–Trinajstić information content (AvgIpc) is 2.72. The molecule has 1 aliphatic heterocycles. The summed E-state index contributed by atoms with van der Waals surface area (Å²) in [6.45, 7) is 4.49. The fourth-order valence-electron chi connectivity index (χ4n) is 3.67. The summed E-state index contributed by atoms with van der Waals surface area (Å²) in [4.78, 5) is 5.05. The Balaban J connectivity index is 1.85. The largest absolute Gasteiger partial charge is 0.304 e. The molecule has 0 N–H and O–H groups in total. The molecule has 2 aromatic rings. The zero-order valence-corrected chi connectivity index (χ0v) is 15.0. The molecule has 4 rings (SSSR count). The van der Waals surface area contributed by atoms with Crippen LogP contribution in [0.3, 0.4) is 0 Å². The van der Waals surface area contributed by atoms with Crippen molar-refractivity contribution in [2.45, 2.75) is 6.04 Å². The topological polar surface area (TPSA) is 6.48 Å². The van der Waals surface area contributed by atoms with E-state index < -0.39 is 0 Å². The molecule has 0 radical (unpaired) electrons. The molecule has 1 fully saturated rings. The van der Waals surface area contributed by atoms with Crippen molar-refractivity contribution in [1.82, 2.24) is 9.80 Å². The Labute approximate surface area is 146 Å². The average molecular weight is 369 g/mol. The summed E-state index contributed by atoms with van der Waals surface area (Å²) in [7, 11) is 2.21. The molecule has 23 heavy (non-hydrogen) atoms. The molecule has 0 amide bonds. The predicted octanol–water partition coefficient (Wildman–Crippen LogP) is 4.27. The first-order chi connectivity index (χ1) is 11.2. The van der Waals surface area contributed by atoms with Gasteiger partial charge in [0.2, 0.25) is 0 Å². The lowest BCUT2D eigenvalue weighted by atomic mass is 9.92. The molecular formula is C20H21BrN2. The van der Waals surface area contributed by atoms with Crippen LogP contribution in [0.1, 0.15) is 28.3 Å². The molecule has 0 bridgehead atoms. The Kier molecular flexibility index (Phi) is 4.10. The highest BCUT2D eigenvalue weighted by Gasteiger charge is 2.29. The van der Waals surface area contributed by atoms with Gasteiger partial charge in [-0.25, -0.2) is 0 Å². The van der Waals surface area contributed by atoms with Crippen molar-refractivity contribution in [2.75, 3.05) is 33.2 Å². The van der Waals surface area contributed by atoms with Crippen molar-refractivity contribution in [3.63, 3.8) is 0 Å². The van der Waals surface area contributed by atoms with E-state index in [0.717, 1.165) is 30.7 Å². The zero-order chi connectivity index (χ0) is 15.8. The summed E-state index contributed by atoms with van der Waals surface area (Å²) in [5, 5.41) is 0. The minimum atomic E-state index is 0.336. The molecule has 0 saturated carbocycles. The second kappa shape index (κ2) is 6.23. The predicted molar refractivity (Wildman–Crippen MR) is 100 cm³/mol. The maximum Gasteiger partial charge on any atom is 0.0614 e. The Morgan fingerprint density at radius 3 is 2.35 bits per heavy atom. The molecule has 2 nitrogen and oxygen atoms in total. The van der Waals surface area contributed by atoms with Crippen molar-refractivity contribution in [3.05, 3.63) is 69.2 Å². The van der Waals surface area contributed by atoms with Gasteiger partial charge in [0, 0.05) is 30.7 Å². The normalized spacial score (nSPS) is 21.6. The van der Waals surface area contributed by atoms with Crippen LogP contribution in [0.25, 0.3) is 12.2 Å². The number of nitrogens with zero attached hydrogens (tertiary/aromatic N) is 2. The summed E-state index contributed by atoms with van der Waals surface area (Å²) < 4.78 is 1.16. The Morgan fingerprint density at radius 1 is 0.870 bits per heavy atom. The molecule has 2 aliphatic rings. The molecule has 1 aliphatic carbocycles. The smallest absolute Gasteiger partial charge is 0.0614 e. The van der Waals surface area contributed by atoms with Crippen LogP contribution in [0.2, 0.25) is 0 Å². The van der Waals surface area contributed by atoms with Crippen molar-refractivity contribution in [3.8, 4) is 0 Å². The highest BCUT2D eigenvalue weighted by atomic mass is 79.9. The van der Waals surface area contributed by atoms with E-state index >= 15 is 0 Å². The molecule has 0 spiro atoms. The number of benzene rings is 2.